The average molecular weight is 243 g/mol. The van der Waals surface area contributed by atoms with Gasteiger partial charge in [-0.1, -0.05) is 6.92 Å². The zero-order valence-electron chi connectivity index (χ0n) is 7.38. The van der Waals surface area contributed by atoms with Crippen molar-refractivity contribution in [3.05, 3.63) is 22.9 Å². The standard InChI is InChI=1S/C9H11BrN2O/c1-2-3-9(13)12-7-4-5-11-8(10)6-7/h4-6H,2-3H2,1H3,(H,11,12,13). The van der Waals surface area contributed by atoms with Crippen LogP contribution in [0.5, 0.6) is 0 Å². The molecule has 0 atom stereocenters. The number of carbonyl (C=O) groups excluding carboxylic acids is 1. The number of pyridine rings is 1. The second-order valence-electron chi connectivity index (χ2n) is 2.67. The average Bonchev–Trinajstić information content (AvgIpc) is 2.04. The van der Waals surface area contributed by atoms with Crippen molar-refractivity contribution in [3.63, 3.8) is 0 Å². The van der Waals surface area contributed by atoms with Gasteiger partial charge in [0.2, 0.25) is 5.91 Å². The van der Waals surface area contributed by atoms with E-state index in [0.717, 1.165) is 16.7 Å². The number of halogens is 1. The van der Waals surface area contributed by atoms with E-state index in [1.165, 1.54) is 0 Å². The molecule has 1 aromatic rings. The highest BCUT2D eigenvalue weighted by Gasteiger charge is 2.00. The number of hydrogen-bond donors (Lipinski definition) is 1. The van der Waals surface area contributed by atoms with Crippen molar-refractivity contribution in [3.8, 4) is 0 Å². The minimum absolute atomic E-state index is 0.0422. The van der Waals surface area contributed by atoms with Gasteiger partial charge in [-0.15, -0.1) is 0 Å². The van der Waals surface area contributed by atoms with Gasteiger partial charge in [0.05, 0.1) is 0 Å². The number of anilines is 1. The fourth-order valence-electron chi connectivity index (χ4n) is 0.931. The number of nitrogens with zero attached hydrogens (tertiary/aromatic N) is 1. The van der Waals surface area contributed by atoms with Crippen molar-refractivity contribution in [1.82, 2.24) is 4.98 Å². The number of carbonyl (C=O) groups is 1. The third-order valence-corrected chi connectivity index (χ3v) is 1.92. The summed E-state index contributed by atoms with van der Waals surface area (Å²) in [6, 6.07) is 3.53. The molecule has 0 aromatic carbocycles. The summed E-state index contributed by atoms with van der Waals surface area (Å²) in [4.78, 5) is 15.1. The monoisotopic (exact) mass is 242 g/mol. The SMILES string of the molecule is CCCC(=O)Nc1ccnc(Br)c1. The van der Waals surface area contributed by atoms with E-state index >= 15 is 0 Å². The van der Waals surface area contributed by atoms with Gasteiger partial charge in [-0.25, -0.2) is 4.98 Å². The second-order valence-corrected chi connectivity index (χ2v) is 3.48. The minimum atomic E-state index is 0.0422. The Hall–Kier alpha value is -0.900. The van der Waals surface area contributed by atoms with Crippen LogP contribution in [0.4, 0.5) is 5.69 Å². The van der Waals surface area contributed by atoms with Crippen LogP contribution in [0, 0.1) is 0 Å². The van der Waals surface area contributed by atoms with E-state index in [0.29, 0.717) is 6.42 Å². The van der Waals surface area contributed by atoms with Crippen LogP contribution in [0.15, 0.2) is 22.9 Å². The van der Waals surface area contributed by atoms with E-state index in [4.69, 9.17) is 0 Å². The van der Waals surface area contributed by atoms with Crippen LogP contribution in [-0.2, 0) is 4.79 Å². The highest BCUT2D eigenvalue weighted by molar-refractivity contribution is 9.10. The Labute approximate surface area is 85.7 Å². The molecule has 0 spiro atoms. The smallest absolute Gasteiger partial charge is 0.224 e. The van der Waals surface area contributed by atoms with E-state index in [2.05, 4.69) is 26.2 Å². The van der Waals surface area contributed by atoms with Gasteiger partial charge in [-0.3, -0.25) is 4.79 Å². The maximum Gasteiger partial charge on any atom is 0.224 e. The van der Waals surface area contributed by atoms with Crippen molar-refractivity contribution in [2.24, 2.45) is 0 Å². The molecule has 0 aliphatic heterocycles. The molecule has 3 nitrogen and oxygen atoms in total. The van der Waals surface area contributed by atoms with Gasteiger partial charge in [0.15, 0.2) is 0 Å². The summed E-state index contributed by atoms with van der Waals surface area (Å²) in [5.74, 6) is 0.0422. The van der Waals surface area contributed by atoms with Gasteiger partial charge in [0, 0.05) is 18.3 Å². The third kappa shape index (κ3) is 3.55. The third-order valence-electron chi connectivity index (χ3n) is 1.49. The molecule has 0 bridgehead atoms. The Bertz CT molecular complexity index is 301. The molecular weight excluding hydrogens is 232 g/mol. The summed E-state index contributed by atoms with van der Waals surface area (Å²) >= 11 is 3.23. The fraction of sp³-hybridized carbons (Fsp3) is 0.333. The van der Waals surface area contributed by atoms with Crippen LogP contribution >= 0.6 is 15.9 Å². The van der Waals surface area contributed by atoms with Crippen LogP contribution in [0.2, 0.25) is 0 Å². The van der Waals surface area contributed by atoms with Gasteiger partial charge in [0.1, 0.15) is 4.60 Å². The Morgan fingerprint density at radius 1 is 1.69 bits per heavy atom. The molecule has 0 fully saturated rings. The van der Waals surface area contributed by atoms with Crippen LogP contribution in [0.1, 0.15) is 19.8 Å². The summed E-state index contributed by atoms with van der Waals surface area (Å²) in [7, 11) is 0. The van der Waals surface area contributed by atoms with Crippen LogP contribution < -0.4 is 5.32 Å². The summed E-state index contributed by atoms with van der Waals surface area (Å²) < 4.78 is 0.724. The lowest BCUT2D eigenvalue weighted by Crippen LogP contribution is -2.10. The van der Waals surface area contributed by atoms with E-state index < -0.39 is 0 Å². The van der Waals surface area contributed by atoms with Gasteiger partial charge in [-0.05, 0) is 34.5 Å². The van der Waals surface area contributed by atoms with Crippen molar-refractivity contribution < 1.29 is 4.79 Å². The van der Waals surface area contributed by atoms with Gasteiger partial charge in [0.25, 0.3) is 0 Å². The number of hydrogen-bond acceptors (Lipinski definition) is 2. The number of aromatic nitrogens is 1. The molecule has 1 aromatic heterocycles. The lowest BCUT2D eigenvalue weighted by molar-refractivity contribution is -0.116. The molecule has 0 aliphatic carbocycles. The van der Waals surface area contributed by atoms with E-state index in [1.54, 1.807) is 18.3 Å². The van der Waals surface area contributed by atoms with E-state index in [1.807, 2.05) is 6.92 Å². The molecule has 0 radical (unpaired) electrons. The van der Waals surface area contributed by atoms with Crippen LogP contribution in [-0.4, -0.2) is 10.9 Å². The van der Waals surface area contributed by atoms with Crippen molar-refractivity contribution in [2.75, 3.05) is 5.32 Å². The molecule has 1 amide bonds. The molecule has 0 aliphatic rings. The Morgan fingerprint density at radius 3 is 3.08 bits per heavy atom. The molecule has 1 heterocycles. The Kier molecular flexibility index (Phi) is 3.89. The summed E-state index contributed by atoms with van der Waals surface area (Å²) in [5, 5.41) is 2.77. The maximum atomic E-state index is 11.2. The maximum absolute atomic E-state index is 11.2. The molecule has 1 rings (SSSR count). The molecule has 0 saturated carbocycles. The largest absolute Gasteiger partial charge is 0.326 e. The molecule has 0 saturated heterocycles. The van der Waals surface area contributed by atoms with Gasteiger partial charge < -0.3 is 5.32 Å². The Morgan fingerprint density at radius 2 is 2.46 bits per heavy atom. The van der Waals surface area contributed by atoms with Crippen molar-refractivity contribution in [2.45, 2.75) is 19.8 Å². The van der Waals surface area contributed by atoms with E-state index in [-0.39, 0.29) is 5.91 Å². The normalized spacial score (nSPS) is 9.69. The lowest BCUT2D eigenvalue weighted by Gasteiger charge is -2.03. The predicted molar refractivity (Wildman–Crippen MR) is 55.5 cm³/mol. The first kappa shape index (κ1) is 10.2. The molecule has 0 unspecified atom stereocenters. The zero-order valence-corrected chi connectivity index (χ0v) is 8.97. The van der Waals surface area contributed by atoms with Crippen molar-refractivity contribution in [1.29, 1.82) is 0 Å². The summed E-state index contributed by atoms with van der Waals surface area (Å²) in [5.41, 5.74) is 0.778. The first-order valence-corrected chi connectivity index (χ1v) is 4.93. The number of rotatable bonds is 3. The van der Waals surface area contributed by atoms with Crippen LogP contribution in [0.25, 0.3) is 0 Å². The second kappa shape index (κ2) is 4.97. The molecule has 70 valence electrons. The van der Waals surface area contributed by atoms with Gasteiger partial charge >= 0.3 is 0 Å². The fourth-order valence-corrected chi connectivity index (χ4v) is 1.30. The number of amides is 1. The molecule has 4 heteroatoms. The highest BCUT2D eigenvalue weighted by Crippen LogP contribution is 2.12. The van der Waals surface area contributed by atoms with Crippen LogP contribution in [0.3, 0.4) is 0 Å². The zero-order chi connectivity index (χ0) is 9.68. The minimum Gasteiger partial charge on any atom is -0.326 e. The van der Waals surface area contributed by atoms with Crippen molar-refractivity contribution >= 4 is 27.5 Å². The summed E-state index contributed by atoms with van der Waals surface area (Å²) in [6.45, 7) is 1.97. The predicted octanol–water partition coefficient (Wildman–Crippen LogP) is 2.58. The lowest BCUT2D eigenvalue weighted by atomic mass is 10.3. The van der Waals surface area contributed by atoms with Gasteiger partial charge in [-0.2, -0.15) is 0 Å². The van der Waals surface area contributed by atoms with E-state index in [9.17, 15) is 4.79 Å². The topological polar surface area (TPSA) is 42.0 Å². The molecule has 1 N–H and O–H groups in total. The first-order chi connectivity index (χ1) is 6.22. The first-order valence-electron chi connectivity index (χ1n) is 4.13. The summed E-state index contributed by atoms with van der Waals surface area (Å²) in [6.07, 6.45) is 3.06. The quantitative estimate of drug-likeness (QED) is 0.829. The highest BCUT2D eigenvalue weighted by atomic mass is 79.9. The Balaban J connectivity index is 2.58. The number of nitrogens with one attached hydrogen (secondary N) is 1. The molecule has 13 heavy (non-hydrogen) atoms. The molecular formula is C9H11BrN2O.